The molecular formula is C23H26N4O4. The van der Waals surface area contributed by atoms with Crippen LogP contribution in [0.5, 0.6) is 5.75 Å². The molecule has 0 spiro atoms. The van der Waals surface area contributed by atoms with Crippen molar-refractivity contribution in [2.75, 3.05) is 6.54 Å². The normalized spacial score (nSPS) is 11.5. The molecule has 5 N–H and O–H groups in total. The van der Waals surface area contributed by atoms with Crippen molar-refractivity contribution >= 4 is 17.7 Å². The predicted molar refractivity (Wildman–Crippen MR) is 119 cm³/mol. The van der Waals surface area contributed by atoms with Crippen molar-refractivity contribution in [1.29, 1.82) is 0 Å². The molecule has 2 rings (SSSR count). The second kappa shape index (κ2) is 11.8. The summed E-state index contributed by atoms with van der Waals surface area (Å²) in [6, 6.07) is 17.2. The number of rotatable bonds is 11. The Morgan fingerprint density at radius 2 is 1.77 bits per heavy atom. The highest BCUT2D eigenvalue weighted by Crippen LogP contribution is 2.14. The minimum Gasteiger partial charge on any atom is -0.489 e. The first-order valence-corrected chi connectivity index (χ1v) is 9.58. The van der Waals surface area contributed by atoms with Crippen LogP contribution in [0.3, 0.4) is 0 Å². The lowest BCUT2D eigenvalue weighted by molar-refractivity contribution is -0.135. The summed E-state index contributed by atoms with van der Waals surface area (Å²) in [5, 5.41) is 14.0. The zero-order chi connectivity index (χ0) is 22.6. The molecule has 31 heavy (non-hydrogen) atoms. The van der Waals surface area contributed by atoms with Gasteiger partial charge < -0.3 is 26.2 Å². The molecule has 0 bridgehead atoms. The van der Waals surface area contributed by atoms with Gasteiger partial charge in [0.25, 0.3) is 5.91 Å². The summed E-state index contributed by atoms with van der Waals surface area (Å²) in [7, 11) is 0. The number of carbonyl (C=O) groups is 2. The van der Waals surface area contributed by atoms with Crippen molar-refractivity contribution in [3.63, 3.8) is 0 Å². The quantitative estimate of drug-likeness (QED) is 0.250. The number of hydrogen-bond donors (Lipinski definition) is 4. The molecule has 0 atom stereocenters. The van der Waals surface area contributed by atoms with Gasteiger partial charge in [-0.3, -0.25) is 9.59 Å². The summed E-state index contributed by atoms with van der Waals surface area (Å²) < 4.78 is 5.74. The Morgan fingerprint density at radius 3 is 2.39 bits per heavy atom. The molecule has 8 heteroatoms. The topological polar surface area (TPSA) is 126 Å². The Hall–Kier alpha value is -4.07. The van der Waals surface area contributed by atoms with Gasteiger partial charge in [0, 0.05) is 6.54 Å². The highest BCUT2D eigenvalue weighted by atomic mass is 16.5. The summed E-state index contributed by atoms with van der Waals surface area (Å²) >= 11 is 0. The molecule has 0 heterocycles. The average Bonchev–Trinajstić information content (AvgIpc) is 2.79. The monoisotopic (exact) mass is 422 g/mol. The molecule has 0 unspecified atom stereocenters. The predicted octanol–water partition coefficient (Wildman–Crippen LogP) is 2.33. The van der Waals surface area contributed by atoms with Crippen molar-refractivity contribution in [2.45, 2.75) is 20.1 Å². The van der Waals surface area contributed by atoms with Gasteiger partial charge in [-0.25, -0.2) is 4.99 Å². The van der Waals surface area contributed by atoms with Crippen molar-refractivity contribution in [1.82, 2.24) is 10.6 Å². The summed E-state index contributed by atoms with van der Waals surface area (Å²) in [6.07, 6.45) is 1.54. The molecule has 0 saturated carbocycles. The van der Waals surface area contributed by atoms with E-state index in [0.29, 0.717) is 6.61 Å². The minimum absolute atomic E-state index is 0.0145. The number of hydrogen-bond acceptors (Lipinski definition) is 5. The lowest BCUT2D eigenvalue weighted by atomic mass is 10.2. The van der Waals surface area contributed by atoms with E-state index in [9.17, 15) is 9.59 Å². The van der Waals surface area contributed by atoms with Crippen LogP contribution in [0.2, 0.25) is 0 Å². The molecule has 0 radical (unpaired) electrons. The molecule has 0 aliphatic carbocycles. The lowest BCUT2D eigenvalue weighted by Crippen LogP contribution is -2.31. The van der Waals surface area contributed by atoms with Gasteiger partial charge in [-0.15, -0.1) is 0 Å². The fourth-order valence-electron chi connectivity index (χ4n) is 2.42. The number of amidine groups is 1. The molecule has 0 fully saturated rings. The van der Waals surface area contributed by atoms with Gasteiger partial charge in [-0.1, -0.05) is 49.0 Å². The number of benzene rings is 2. The number of aliphatic imine (C=N–C) groups is 1. The van der Waals surface area contributed by atoms with Gasteiger partial charge >= 0.3 is 5.97 Å². The highest BCUT2D eigenvalue weighted by molar-refractivity contribution is 6.19. The Morgan fingerprint density at radius 1 is 1.10 bits per heavy atom. The van der Waals surface area contributed by atoms with Crippen LogP contribution in [0, 0.1) is 0 Å². The van der Waals surface area contributed by atoms with E-state index in [-0.39, 0.29) is 30.3 Å². The SMILES string of the molecule is C=C(C(=O)NCc1ccc(OCc2ccccc2)cc1)/C(N)=N\C(=C/C)NCC(=O)O. The average molecular weight is 422 g/mol. The van der Waals surface area contributed by atoms with E-state index in [4.69, 9.17) is 15.6 Å². The Labute approximate surface area is 181 Å². The van der Waals surface area contributed by atoms with E-state index in [0.717, 1.165) is 16.9 Å². The largest absolute Gasteiger partial charge is 0.489 e. The number of aliphatic carboxylic acids is 1. The smallest absolute Gasteiger partial charge is 0.322 e. The summed E-state index contributed by atoms with van der Waals surface area (Å²) in [5.41, 5.74) is 7.76. The lowest BCUT2D eigenvalue weighted by Gasteiger charge is -2.10. The van der Waals surface area contributed by atoms with E-state index >= 15 is 0 Å². The summed E-state index contributed by atoms with van der Waals surface area (Å²) in [6.45, 7) is 5.75. The number of nitrogens with two attached hydrogens (primary N) is 1. The second-order valence-electron chi connectivity index (χ2n) is 6.50. The summed E-state index contributed by atoms with van der Waals surface area (Å²) in [4.78, 5) is 26.9. The number of carbonyl (C=O) groups excluding carboxylic acids is 1. The maximum atomic E-state index is 12.3. The first-order chi connectivity index (χ1) is 14.9. The van der Waals surface area contributed by atoms with Gasteiger partial charge in [0.1, 0.15) is 30.6 Å². The van der Waals surface area contributed by atoms with Crippen LogP contribution in [0.25, 0.3) is 0 Å². The molecule has 1 amide bonds. The van der Waals surface area contributed by atoms with Gasteiger partial charge in [-0.05, 0) is 36.3 Å². The molecule has 0 aliphatic rings. The number of nitrogens with one attached hydrogen (secondary N) is 2. The highest BCUT2D eigenvalue weighted by Gasteiger charge is 2.11. The van der Waals surface area contributed by atoms with Crippen LogP contribution in [0.15, 0.2) is 83.6 Å². The zero-order valence-electron chi connectivity index (χ0n) is 17.3. The van der Waals surface area contributed by atoms with E-state index in [1.54, 1.807) is 13.0 Å². The number of allylic oxidation sites excluding steroid dienone is 1. The number of carboxylic acids is 1. The third-order valence-electron chi connectivity index (χ3n) is 4.14. The number of amides is 1. The third-order valence-corrected chi connectivity index (χ3v) is 4.14. The van der Waals surface area contributed by atoms with Gasteiger partial charge in [-0.2, -0.15) is 0 Å². The van der Waals surface area contributed by atoms with E-state index in [1.807, 2.05) is 54.6 Å². The van der Waals surface area contributed by atoms with Crippen molar-refractivity contribution < 1.29 is 19.4 Å². The molecule has 0 aromatic heterocycles. The molecule has 2 aromatic carbocycles. The van der Waals surface area contributed by atoms with Gasteiger partial charge in [0.2, 0.25) is 0 Å². The van der Waals surface area contributed by atoms with Crippen LogP contribution < -0.4 is 21.1 Å². The third kappa shape index (κ3) is 8.06. The Kier molecular flexibility index (Phi) is 8.85. The Bertz CT molecular complexity index is 967. The van der Waals surface area contributed by atoms with E-state index in [1.165, 1.54) is 0 Å². The van der Waals surface area contributed by atoms with Crippen LogP contribution >= 0.6 is 0 Å². The number of carboxylic acid groups (broad SMARTS) is 1. The molecule has 162 valence electrons. The first-order valence-electron chi connectivity index (χ1n) is 9.58. The zero-order valence-corrected chi connectivity index (χ0v) is 17.3. The maximum Gasteiger partial charge on any atom is 0.322 e. The number of ether oxygens (including phenoxy) is 1. The van der Waals surface area contributed by atoms with Crippen LogP contribution in [0.1, 0.15) is 18.1 Å². The summed E-state index contributed by atoms with van der Waals surface area (Å²) in [5.74, 6) is -0.652. The van der Waals surface area contributed by atoms with Crippen molar-refractivity contribution in [2.24, 2.45) is 10.7 Å². The minimum atomic E-state index is -1.04. The van der Waals surface area contributed by atoms with Crippen LogP contribution in [0.4, 0.5) is 0 Å². The van der Waals surface area contributed by atoms with Gasteiger partial charge in [0.05, 0.1) is 5.57 Å². The first kappa shape index (κ1) is 23.2. The number of nitrogens with zero attached hydrogens (tertiary/aromatic N) is 1. The van der Waals surface area contributed by atoms with E-state index < -0.39 is 11.9 Å². The standard InChI is InChI=1S/C23H26N4O4/c1-3-20(25-14-21(28)29)27-22(24)16(2)23(30)26-13-17-9-11-19(12-10-17)31-15-18-7-5-4-6-8-18/h3-12,25H,2,13-15H2,1H3,(H2,24,27)(H,26,30)(H,28,29)/b20-3-. The maximum absolute atomic E-state index is 12.3. The van der Waals surface area contributed by atoms with Crippen LogP contribution in [-0.2, 0) is 22.7 Å². The molecular weight excluding hydrogens is 396 g/mol. The fourth-order valence-corrected chi connectivity index (χ4v) is 2.42. The van der Waals surface area contributed by atoms with Crippen molar-refractivity contribution in [3.05, 3.63) is 89.8 Å². The molecule has 8 nitrogen and oxygen atoms in total. The van der Waals surface area contributed by atoms with Crippen molar-refractivity contribution in [3.8, 4) is 5.75 Å². The molecule has 2 aromatic rings. The fraction of sp³-hybridized carbons (Fsp3) is 0.174. The van der Waals surface area contributed by atoms with E-state index in [2.05, 4.69) is 22.2 Å². The Balaban J connectivity index is 1.84. The van der Waals surface area contributed by atoms with Gasteiger partial charge in [0.15, 0.2) is 0 Å². The molecule has 0 saturated heterocycles. The second-order valence-corrected chi connectivity index (χ2v) is 6.50. The van der Waals surface area contributed by atoms with Crippen LogP contribution in [-0.4, -0.2) is 29.4 Å². The molecule has 0 aliphatic heterocycles.